The first kappa shape index (κ1) is 61.7. The number of hydrogen-bond donors (Lipinski definition) is 0. The van der Waals surface area contributed by atoms with Crippen molar-refractivity contribution in [3.8, 4) is 124 Å². The molecule has 3 aromatic heterocycles. The normalized spacial score (nSPS) is 11.1. The Morgan fingerprint density at radius 3 is 0.792 bits per heavy atom. The summed E-state index contributed by atoms with van der Waals surface area (Å²) in [4.78, 5) is 15.2. The van der Waals surface area contributed by atoms with E-state index in [1.54, 1.807) is 0 Å². The van der Waals surface area contributed by atoms with Crippen LogP contribution in [0.25, 0.3) is 165 Å². The molecule has 0 fully saturated rings. The summed E-state index contributed by atoms with van der Waals surface area (Å²) >= 11 is 0. The van der Waals surface area contributed by atoms with Crippen LogP contribution in [-0.4, -0.2) is 15.0 Å². The first-order valence-corrected chi connectivity index (χ1v) is 33.6. The second kappa shape index (κ2) is 26.8. The maximum Gasteiger partial charge on any atom is 3.00 e. The van der Waals surface area contributed by atoms with Crippen molar-refractivity contribution >= 4 is 64.6 Å². The molecule has 18 aromatic rings. The Hall–Kier alpha value is -12.9. The number of benzene rings is 15. The van der Waals surface area contributed by atoms with Crippen molar-refractivity contribution in [2.45, 2.75) is 0 Å². The van der Waals surface area contributed by atoms with E-state index in [0.717, 1.165) is 123 Å². The molecule has 0 amide bonds. The zero-order chi connectivity index (χ0) is 66.3. The molecule has 18 rings (SSSR count). The largest absolute Gasteiger partial charge is 3.00 e. The predicted molar refractivity (Wildman–Crippen MR) is 415 cm³/mol. The molecule has 4 heteroatoms. The van der Waals surface area contributed by atoms with Crippen LogP contribution in [0.5, 0.6) is 0 Å². The van der Waals surface area contributed by atoms with Gasteiger partial charge in [0.2, 0.25) is 0 Å². The minimum absolute atomic E-state index is 0. The quantitative estimate of drug-likeness (QED) is 0.0821. The van der Waals surface area contributed by atoms with Gasteiger partial charge in [0.15, 0.2) is 0 Å². The molecule has 468 valence electrons. The van der Waals surface area contributed by atoms with Gasteiger partial charge in [-0.15, -0.1) is 95.6 Å². The van der Waals surface area contributed by atoms with Gasteiger partial charge in [-0.25, -0.2) is 0 Å². The fourth-order valence-corrected chi connectivity index (χ4v) is 14.4. The number of pyridine rings is 3. The Bertz CT molecular complexity index is 6000. The molecule has 0 unspecified atom stereocenters. The van der Waals surface area contributed by atoms with E-state index in [1.165, 1.54) is 64.6 Å². The SMILES string of the molecule is C(#Cc1ccc2c3ccccc3c3ccccc3c2c1)c1cc[c-]c(-c2ccc(-c3ccccc3-c3cc(-c4ccccc4-c4ccc(-c5[c-]cccc5)nc4)cc(-c4ccccc4-c4ccc(-c5[c-]ccc(C#Cc6ccc7c8ccccc8c8ccccc8c7c6)c5)nc4)c3)cn2)c1.[Ir+3]. The Morgan fingerprint density at radius 1 is 0.198 bits per heavy atom. The van der Waals surface area contributed by atoms with Gasteiger partial charge in [0, 0.05) is 29.7 Å². The summed E-state index contributed by atoms with van der Waals surface area (Å²) in [6, 6.07) is 124. The predicted octanol–water partition coefficient (Wildman–Crippen LogP) is 24.0. The molecule has 0 atom stereocenters. The summed E-state index contributed by atoms with van der Waals surface area (Å²) in [5.41, 5.74) is 21.6. The summed E-state index contributed by atoms with van der Waals surface area (Å²) in [6.45, 7) is 0. The van der Waals surface area contributed by atoms with Crippen molar-refractivity contribution in [2.75, 3.05) is 0 Å². The van der Waals surface area contributed by atoms with Crippen LogP contribution in [0, 0.1) is 41.9 Å². The second-order valence-corrected chi connectivity index (χ2v) is 25.2. The number of hydrogen-bond acceptors (Lipinski definition) is 3. The summed E-state index contributed by atoms with van der Waals surface area (Å²) in [5.74, 6) is 13.9. The van der Waals surface area contributed by atoms with Crippen LogP contribution in [0.1, 0.15) is 22.3 Å². The average Bonchev–Trinajstić information content (AvgIpc) is 0.767. The molecular weight excluding hydrogens is 1400 g/mol. The molecule has 3 nitrogen and oxygen atoms in total. The Balaban J connectivity index is 0.00000760. The van der Waals surface area contributed by atoms with Crippen molar-refractivity contribution in [1.29, 1.82) is 0 Å². The maximum atomic E-state index is 5.12. The Kier molecular flexibility index (Phi) is 16.4. The van der Waals surface area contributed by atoms with E-state index in [9.17, 15) is 0 Å². The average molecular weight is 1460 g/mol. The number of fused-ring (bicyclic) bond motifs is 12. The third-order valence-electron chi connectivity index (χ3n) is 19.2. The standard InChI is InChI=1S/C97H56N3.Ir/c1-2-22-68(23-3-1)95-51-46-71(61-98-95)77-26-4-7-29-80(77)74-58-75(81-30-8-5-27-78(81)72-47-52-96(99-62-72)69-24-18-20-64(54-69)40-42-66-44-49-91-87-36-12-10-32-83(87)85-34-14-16-38-89(85)93(91)56-66)60-76(59-74)82-31-9-6-28-79(82)73-48-53-97(100-63-73)70-25-19-21-65(55-70)41-43-67-45-50-92-88-37-13-11-33-84(88)86-35-15-17-39-90(86)94(92)57-67;/h1-22,26-39,44-63H;/q-3;+3. The van der Waals surface area contributed by atoms with Crippen molar-refractivity contribution in [2.24, 2.45) is 0 Å². The molecule has 0 aliphatic rings. The van der Waals surface area contributed by atoms with Crippen LogP contribution in [-0.2, 0) is 20.1 Å². The Morgan fingerprint density at radius 2 is 0.475 bits per heavy atom. The van der Waals surface area contributed by atoms with Gasteiger partial charge in [-0.1, -0.05) is 253 Å². The van der Waals surface area contributed by atoms with E-state index in [4.69, 9.17) is 15.0 Å². The molecule has 0 saturated heterocycles. The molecule has 0 spiro atoms. The van der Waals surface area contributed by atoms with E-state index in [2.05, 4.69) is 315 Å². The minimum atomic E-state index is 0. The summed E-state index contributed by atoms with van der Waals surface area (Å²) in [5, 5.41) is 14.8. The van der Waals surface area contributed by atoms with Crippen LogP contribution in [0.15, 0.2) is 340 Å². The number of nitrogens with zero attached hydrogens (tertiary/aromatic N) is 3. The molecule has 0 aliphatic heterocycles. The van der Waals surface area contributed by atoms with E-state index in [1.807, 2.05) is 67.1 Å². The van der Waals surface area contributed by atoms with Crippen LogP contribution >= 0.6 is 0 Å². The van der Waals surface area contributed by atoms with Gasteiger partial charge in [-0.3, -0.25) is 0 Å². The number of rotatable bonds is 9. The molecule has 0 bridgehead atoms. The zero-order valence-electron chi connectivity index (χ0n) is 54.5. The zero-order valence-corrected chi connectivity index (χ0v) is 56.9. The van der Waals surface area contributed by atoms with E-state index < -0.39 is 0 Å². The van der Waals surface area contributed by atoms with Gasteiger partial charge < -0.3 is 15.0 Å². The second-order valence-electron chi connectivity index (χ2n) is 25.2. The van der Waals surface area contributed by atoms with Crippen LogP contribution in [0.3, 0.4) is 0 Å². The van der Waals surface area contributed by atoms with Crippen LogP contribution in [0.2, 0.25) is 0 Å². The maximum absolute atomic E-state index is 5.12. The first-order chi connectivity index (χ1) is 49.5. The van der Waals surface area contributed by atoms with Gasteiger partial charge >= 0.3 is 20.1 Å². The smallest absolute Gasteiger partial charge is 0.304 e. The third kappa shape index (κ3) is 11.9. The third-order valence-corrected chi connectivity index (χ3v) is 19.2. The molecule has 0 radical (unpaired) electrons. The van der Waals surface area contributed by atoms with Gasteiger partial charge in [0.1, 0.15) is 0 Å². The molecular formula is C97H56IrN3. The molecule has 0 aliphatic carbocycles. The van der Waals surface area contributed by atoms with Crippen molar-refractivity contribution in [1.82, 2.24) is 15.0 Å². The van der Waals surface area contributed by atoms with E-state index in [-0.39, 0.29) is 20.1 Å². The monoisotopic (exact) mass is 1460 g/mol. The molecule has 0 N–H and O–H groups in total. The summed E-state index contributed by atoms with van der Waals surface area (Å²) in [7, 11) is 0. The minimum Gasteiger partial charge on any atom is -0.304 e. The van der Waals surface area contributed by atoms with Gasteiger partial charge in [0.05, 0.1) is 0 Å². The van der Waals surface area contributed by atoms with Crippen molar-refractivity contribution in [3.63, 3.8) is 0 Å². The fourth-order valence-electron chi connectivity index (χ4n) is 14.4. The van der Waals surface area contributed by atoms with E-state index in [0.29, 0.717) is 0 Å². The van der Waals surface area contributed by atoms with Gasteiger partial charge in [0.25, 0.3) is 0 Å². The van der Waals surface area contributed by atoms with Crippen LogP contribution < -0.4 is 0 Å². The molecule has 101 heavy (non-hydrogen) atoms. The van der Waals surface area contributed by atoms with E-state index >= 15 is 0 Å². The summed E-state index contributed by atoms with van der Waals surface area (Å²) in [6.07, 6.45) is 5.94. The van der Waals surface area contributed by atoms with Gasteiger partial charge in [-0.05, 0) is 191 Å². The van der Waals surface area contributed by atoms with Crippen molar-refractivity contribution in [3.05, 3.63) is 381 Å². The fraction of sp³-hybridized carbons (Fsp3) is 0. The first-order valence-electron chi connectivity index (χ1n) is 33.6. The van der Waals surface area contributed by atoms with Gasteiger partial charge in [-0.2, -0.15) is 0 Å². The molecule has 0 saturated carbocycles. The molecule has 3 heterocycles. The van der Waals surface area contributed by atoms with Crippen LogP contribution in [0.4, 0.5) is 0 Å². The summed E-state index contributed by atoms with van der Waals surface area (Å²) < 4.78 is 0. The number of aromatic nitrogens is 3. The van der Waals surface area contributed by atoms with Crippen molar-refractivity contribution < 1.29 is 20.1 Å². The topological polar surface area (TPSA) is 38.7 Å². The molecule has 15 aromatic carbocycles. The Labute approximate surface area is 600 Å².